The first kappa shape index (κ1) is 16.2. The first-order valence-corrected chi connectivity index (χ1v) is 9.19. The Hall–Kier alpha value is -3.24. The van der Waals surface area contributed by atoms with Gasteiger partial charge in [-0.25, -0.2) is 18.5 Å². The molecule has 4 aromatic rings. The van der Waals surface area contributed by atoms with Crippen LogP contribution < -0.4 is 11.0 Å². The number of fused-ring (bicyclic) bond motifs is 1. The van der Waals surface area contributed by atoms with Gasteiger partial charge < -0.3 is 5.84 Å². The number of benzene rings is 1. The Bertz CT molecular complexity index is 1210. The predicted molar refractivity (Wildman–Crippen MR) is 95.0 cm³/mol. The molecule has 3 aromatic heterocycles. The zero-order valence-corrected chi connectivity index (χ0v) is 14.3. The summed E-state index contributed by atoms with van der Waals surface area (Å²) in [6.45, 7) is 0. The van der Waals surface area contributed by atoms with Gasteiger partial charge in [0.05, 0.1) is 34.9 Å². The lowest BCUT2D eigenvalue weighted by molar-refractivity contribution is 0.597. The van der Waals surface area contributed by atoms with Crippen LogP contribution in [0.1, 0.15) is 11.3 Å². The molecule has 0 aliphatic carbocycles. The Morgan fingerprint density at radius 3 is 2.73 bits per heavy atom. The van der Waals surface area contributed by atoms with Crippen molar-refractivity contribution in [3.8, 4) is 11.3 Å². The van der Waals surface area contributed by atoms with E-state index in [0.717, 1.165) is 16.8 Å². The monoisotopic (exact) mass is 369 g/mol. The van der Waals surface area contributed by atoms with Gasteiger partial charge in [-0.1, -0.05) is 12.1 Å². The summed E-state index contributed by atoms with van der Waals surface area (Å²) in [6.07, 6.45) is 8.95. The minimum Gasteiger partial charge on any atom is -0.323 e. The molecule has 0 aliphatic rings. The van der Waals surface area contributed by atoms with E-state index in [4.69, 9.17) is 11.0 Å². The number of nitrogens with zero attached hydrogens (tertiary/aromatic N) is 5. The largest absolute Gasteiger partial charge is 0.323 e. The molecule has 0 spiro atoms. The molecule has 0 fully saturated rings. The first-order chi connectivity index (χ1) is 12.4. The number of aromatic nitrogens is 5. The third-order valence-electron chi connectivity index (χ3n) is 4.00. The van der Waals surface area contributed by atoms with Crippen LogP contribution in [0.25, 0.3) is 16.9 Å². The van der Waals surface area contributed by atoms with Crippen molar-refractivity contribution < 1.29 is 8.42 Å². The molecule has 26 heavy (non-hydrogen) atoms. The van der Waals surface area contributed by atoms with Crippen LogP contribution in [0.3, 0.4) is 0 Å². The lowest BCUT2D eigenvalue weighted by Gasteiger charge is -2.06. The highest BCUT2D eigenvalue weighted by Crippen LogP contribution is 2.22. The van der Waals surface area contributed by atoms with Crippen LogP contribution in [0.15, 0.2) is 60.1 Å². The van der Waals surface area contributed by atoms with Crippen molar-refractivity contribution in [1.82, 2.24) is 24.3 Å². The van der Waals surface area contributed by atoms with Crippen molar-refractivity contribution in [3.63, 3.8) is 0 Å². The van der Waals surface area contributed by atoms with Gasteiger partial charge in [-0.05, 0) is 17.7 Å². The van der Waals surface area contributed by atoms with E-state index in [1.54, 1.807) is 43.1 Å². The summed E-state index contributed by atoms with van der Waals surface area (Å²) < 4.78 is 25.0. The Morgan fingerprint density at radius 2 is 2.00 bits per heavy atom. The van der Waals surface area contributed by atoms with Crippen molar-refractivity contribution in [3.05, 3.63) is 66.5 Å². The topological polar surface area (TPSA) is 134 Å². The smallest absolute Gasteiger partial charge is 0.238 e. The number of rotatable bonds is 4. The van der Waals surface area contributed by atoms with E-state index in [-0.39, 0.29) is 4.90 Å². The standard InChI is InChI=1S/C16H15N7O2S/c17-23-10-12(8-21-23)15-9-20-16-14(19-4-5-22(15)16)7-11-2-1-3-13(6-11)26(18,24)25/h1-6,8-10H,7,17H2,(H2,18,24,25). The molecule has 0 aliphatic heterocycles. The van der Waals surface area contributed by atoms with Crippen LogP contribution in [-0.2, 0) is 16.4 Å². The van der Waals surface area contributed by atoms with Gasteiger partial charge in [-0.15, -0.1) is 0 Å². The maximum absolute atomic E-state index is 11.5. The molecule has 4 N–H and O–H groups in total. The van der Waals surface area contributed by atoms with Crippen molar-refractivity contribution in [2.45, 2.75) is 11.3 Å². The zero-order chi connectivity index (χ0) is 18.3. The predicted octanol–water partition coefficient (Wildman–Crippen LogP) is 0.545. The summed E-state index contributed by atoms with van der Waals surface area (Å²) in [6, 6.07) is 6.48. The maximum atomic E-state index is 11.5. The molecule has 0 amide bonds. The van der Waals surface area contributed by atoms with Gasteiger partial charge >= 0.3 is 0 Å². The van der Waals surface area contributed by atoms with E-state index in [1.807, 2.05) is 10.5 Å². The number of nitrogens with two attached hydrogens (primary N) is 2. The molecule has 0 atom stereocenters. The summed E-state index contributed by atoms with van der Waals surface area (Å²) in [7, 11) is -3.75. The van der Waals surface area contributed by atoms with Crippen LogP contribution >= 0.6 is 0 Å². The van der Waals surface area contributed by atoms with Gasteiger partial charge in [0.25, 0.3) is 0 Å². The maximum Gasteiger partial charge on any atom is 0.238 e. The average Bonchev–Trinajstić information content (AvgIpc) is 3.21. The molecule has 1 aromatic carbocycles. The minimum absolute atomic E-state index is 0.0707. The van der Waals surface area contributed by atoms with E-state index >= 15 is 0 Å². The quantitative estimate of drug-likeness (QED) is 0.504. The second kappa shape index (κ2) is 5.93. The lowest BCUT2D eigenvalue weighted by Crippen LogP contribution is -2.12. The van der Waals surface area contributed by atoms with Crippen molar-refractivity contribution >= 4 is 15.7 Å². The van der Waals surface area contributed by atoms with Crippen molar-refractivity contribution in [2.24, 2.45) is 5.14 Å². The molecule has 0 unspecified atom stereocenters. The molecular formula is C16H15N7O2S. The zero-order valence-electron chi connectivity index (χ0n) is 13.5. The molecule has 9 nitrogen and oxygen atoms in total. The second-order valence-corrected chi connectivity index (χ2v) is 7.35. The Labute approximate surface area is 148 Å². The number of sulfonamides is 1. The van der Waals surface area contributed by atoms with Gasteiger partial charge in [0, 0.05) is 24.4 Å². The highest BCUT2D eigenvalue weighted by Gasteiger charge is 2.13. The normalized spacial score (nSPS) is 11.9. The molecule has 0 radical (unpaired) electrons. The number of imidazole rings is 1. The van der Waals surface area contributed by atoms with E-state index in [2.05, 4.69) is 15.1 Å². The minimum atomic E-state index is -3.75. The molecule has 10 heteroatoms. The Morgan fingerprint density at radius 1 is 1.15 bits per heavy atom. The summed E-state index contributed by atoms with van der Waals surface area (Å²) in [5, 5.41) is 9.17. The molecule has 0 saturated heterocycles. The summed E-state index contributed by atoms with van der Waals surface area (Å²) >= 11 is 0. The van der Waals surface area contributed by atoms with E-state index in [1.165, 1.54) is 10.9 Å². The molecular weight excluding hydrogens is 354 g/mol. The van der Waals surface area contributed by atoms with Gasteiger partial charge in [0.15, 0.2) is 5.65 Å². The van der Waals surface area contributed by atoms with E-state index in [0.29, 0.717) is 17.8 Å². The fourth-order valence-electron chi connectivity index (χ4n) is 2.81. The Kier molecular flexibility index (Phi) is 3.71. The third-order valence-corrected chi connectivity index (χ3v) is 4.91. The number of primary sulfonamides is 1. The summed E-state index contributed by atoms with van der Waals surface area (Å²) in [5.74, 6) is 5.61. The fraction of sp³-hybridized carbons (Fsp3) is 0.0625. The van der Waals surface area contributed by atoms with Gasteiger partial charge in [0.1, 0.15) is 0 Å². The van der Waals surface area contributed by atoms with Crippen LogP contribution in [-0.4, -0.2) is 32.7 Å². The van der Waals surface area contributed by atoms with Gasteiger partial charge in [-0.3, -0.25) is 9.38 Å². The van der Waals surface area contributed by atoms with Crippen LogP contribution in [0.2, 0.25) is 0 Å². The lowest BCUT2D eigenvalue weighted by atomic mass is 10.1. The fourth-order valence-corrected chi connectivity index (χ4v) is 3.39. The molecule has 0 bridgehead atoms. The summed E-state index contributed by atoms with van der Waals surface area (Å²) in [4.78, 5) is 10.2. The second-order valence-electron chi connectivity index (χ2n) is 5.79. The highest BCUT2D eigenvalue weighted by atomic mass is 32.2. The van der Waals surface area contributed by atoms with E-state index in [9.17, 15) is 8.42 Å². The third kappa shape index (κ3) is 2.91. The van der Waals surface area contributed by atoms with Crippen LogP contribution in [0.5, 0.6) is 0 Å². The summed E-state index contributed by atoms with van der Waals surface area (Å²) in [5.41, 5.74) is 3.82. The van der Waals surface area contributed by atoms with Gasteiger partial charge in [-0.2, -0.15) is 9.89 Å². The molecule has 3 heterocycles. The number of nitrogen functional groups attached to an aromatic ring is 1. The molecule has 4 rings (SSSR count). The van der Waals surface area contributed by atoms with Gasteiger partial charge in [0.2, 0.25) is 10.0 Å². The van der Waals surface area contributed by atoms with Crippen LogP contribution in [0, 0.1) is 0 Å². The average molecular weight is 369 g/mol. The van der Waals surface area contributed by atoms with Crippen molar-refractivity contribution in [1.29, 1.82) is 0 Å². The highest BCUT2D eigenvalue weighted by molar-refractivity contribution is 7.89. The number of hydrogen-bond acceptors (Lipinski definition) is 6. The SMILES string of the molecule is Nn1cc(-c2cnc3c(Cc4cccc(S(N)(=O)=O)c4)nccn23)cn1. The molecule has 132 valence electrons. The Balaban J connectivity index is 1.76. The van der Waals surface area contributed by atoms with Crippen molar-refractivity contribution in [2.75, 3.05) is 5.84 Å². The number of hydrogen-bond donors (Lipinski definition) is 2. The molecule has 0 saturated carbocycles. The van der Waals surface area contributed by atoms with E-state index < -0.39 is 10.0 Å². The van der Waals surface area contributed by atoms with Crippen LogP contribution in [0.4, 0.5) is 0 Å². The first-order valence-electron chi connectivity index (χ1n) is 7.64.